The lowest BCUT2D eigenvalue weighted by atomic mass is 10.2. The van der Waals surface area contributed by atoms with Gasteiger partial charge in [-0.15, -0.1) is 0 Å². The van der Waals surface area contributed by atoms with Crippen molar-refractivity contribution in [1.82, 2.24) is 9.78 Å². The fraction of sp³-hybridized carbons (Fsp3) is 0.125. The summed E-state index contributed by atoms with van der Waals surface area (Å²) in [6, 6.07) is 2.04. The molecule has 0 unspecified atom stereocenters. The van der Waals surface area contributed by atoms with E-state index >= 15 is 0 Å². The molecule has 4 heteroatoms. The van der Waals surface area contributed by atoms with E-state index in [0.29, 0.717) is 5.82 Å². The van der Waals surface area contributed by atoms with Gasteiger partial charge in [-0.25, -0.2) is 0 Å². The summed E-state index contributed by atoms with van der Waals surface area (Å²) in [5.41, 5.74) is 7.96. The zero-order valence-corrected chi connectivity index (χ0v) is 7.51. The molecule has 0 aromatic carbocycles. The predicted molar refractivity (Wildman–Crippen MR) is 50.9 cm³/mol. The van der Waals surface area contributed by atoms with Crippen LogP contribution in [0.25, 0.3) is 11.1 Å². The molecule has 0 atom stereocenters. The number of aromatic nitrogens is 2. The van der Waals surface area contributed by atoms with Gasteiger partial charge in [-0.1, -0.05) is 0 Å². The molecular weight excluding hydrogens is 170 g/mol. The zero-order chi connectivity index (χ0) is 8.55. The van der Waals surface area contributed by atoms with Crippen molar-refractivity contribution in [3.63, 3.8) is 0 Å². The van der Waals surface area contributed by atoms with Crippen LogP contribution in [0.15, 0.2) is 23.0 Å². The van der Waals surface area contributed by atoms with Crippen molar-refractivity contribution in [2.24, 2.45) is 7.05 Å². The fourth-order valence-electron chi connectivity index (χ4n) is 1.09. The maximum absolute atomic E-state index is 5.80. The van der Waals surface area contributed by atoms with E-state index < -0.39 is 0 Å². The average Bonchev–Trinajstić information content (AvgIpc) is 2.64. The van der Waals surface area contributed by atoms with E-state index in [1.807, 2.05) is 18.5 Å². The van der Waals surface area contributed by atoms with E-state index in [1.54, 1.807) is 22.2 Å². The molecular formula is C8H9N3S. The highest BCUT2D eigenvalue weighted by atomic mass is 32.1. The Labute approximate surface area is 74.4 Å². The zero-order valence-electron chi connectivity index (χ0n) is 6.69. The molecule has 0 aliphatic heterocycles. The van der Waals surface area contributed by atoms with Crippen LogP contribution in [0, 0.1) is 0 Å². The van der Waals surface area contributed by atoms with Gasteiger partial charge in [0.05, 0.1) is 6.20 Å². The maximum atomic E-state index is 5.80. The second-order valence-corrected chi connectivity index (χ2v) is 3.36. The molecule has 2 N–H and O–H groups in total. The van der Waals surface area contributed by atoms with E-state index in [2.05, 4.69) is 10.5 Å². The number of hydrogen-bond donors (Lipinski definition) is 1. The van der Waals surface area contributed by atoms with Crippen molar-refractivity contribution >= 4 is 17.2 Å². The Morgan fingerprint density at radius 2 is 2.42 bits per heavy atom. The van der Waals surface area contributed by atoms with Crippen molar-refractivity contribution in [3.05, 3.63) is 23.0 Å². The largest absolute Gasteiger partial charge is 0.383 e. The van der Waals surface area contributed by atoms with Gasteiger partial charge in [-0.3, -0.25) is 4.68 Å². The van der Waals surface area contributed by atoms with Gasteiger partial charge in [-0.2, -0.15) is 16.4 Å². The lowest BCUT2D eigenvalue weighted by Gasteiger charge is -1.95. The highest BCUT2D eigenvalue weighted by molar-refractivity contribution is 7.08. The Kier molecular flexibility index (Phi) is 1.62. The summed E-state index contributed by atoms with van der Waals surface area (Å²) >= 11 is 1.66. The van der Waals surface area contributed by atoms with Gasteiger partial charge in [0.15, 0.2) is 0 Å². The van der Waals surface area contributed by atoms with Crippen molar-refractivity contribution in [2.45, 2.75) is 0 Å². The van der Waals surface area contributed by atoms with Gasteiger partial charge >= 0.3 is 0 Å². The quantitative estimate of drug-likeness (QED) is 0.724. The third kappa shape index (κ3) is 1.00. The van der Waals surface area contributed by atoms with Crippen LogP contribution in [0.5, 0.6) is 0 Å². The molecule has 0 aliphatic carbocycles. The van der Waals surface area contributed by atoms with Gasteiger partial charge in [-0.05, 0) is 22.4 Å². The molecule has 12 heavy (non-hydrogen) atoms. The highest BCUT2D eigenvalue weighted by Crippen LogP contribution is 2.26. The first kappa shape index (κ1) is 7.36. The summed E-state index contributed by atoms with van der Waals surface area (Å²) in [6.07, 6.45) is 1.79. The van der Waals surface area contributed by atoms with Crippen molar-refractivity contribution in [3.8, 4) is 11.1 Å². The Bertz CT molecular complexity index is 375. The van der Waals surface area contributed by atoms with Crippen LogP contribution in [0.1, 0.15) is 0 Å². The minimum atomic E-state index is 0.716. The second kappa shape index (κ2) is 2.64. The molecule has 0 amide bonds. The van der Waals surface area contributed by atoms with Crippen molar-refractivity contribution in [1.29, 1.82) is 0 Å². The standard InChI is InChI=1S/C8H9N3S/c1-11-8(9)7(4-10-11)6-2-3-12-5-6/h2-5H,9H2,1H3. The Morgan fingerprint density at radius 3 is 2.92 bits per heavy atom. The first-order valence-electron chi connectivity index (χ1n) is 3.59. The Hall–Kier alpha value is -1.29. The maximum Gasteiger partial charge on any atom is 0.129 e. The number of nitrogens with two attached hydrogens (primary N) is 1. The first-order chi connectivity index (χ1) is 5.79. The monoisotopic (exact) mass is 179 g/mol. The fourth-order valence-corrected chi connectivity index (χ4v) is 1.74. The van der Waals surface area contributed by atoms with E-state index in [4.69, 9.17) is 5.73 Å². The normalized spacial score (nSPS) is 10.4. The van der Waals surface area contributed by atoms with Crippen molar-refractivity contribution in [2.75, 3.05) is 5.73 Å². The number of nitrogen functional groups attached to an aromatic ring is 1. The summed E-state index contributed by atoms with van der Waals surface area (Å²) in [5.74, 6) is 0.716. The highest BCUT2D eigenvalue weighted by Gasteiger charge is 2.06. The van der Waals surface area contributed by atoms with Gasteiger partial charge in [0, 0.05) is 12.6 Å². The number of thiophene rings is 1. The summed E-state index contributed by atoms with van der Waals surface area (Å²) < 4.78 is 1.67. The van der Waals surface area contributed by atoms with Crippen LogP contribution < -0.4 is 5.73 Å². The second-order valence-electron chi connectivity index (χ2n) is 2.58. The molecule has 0 saturated carbocycles. The third-order valence-electron chi connectivity index (χ3n) is 1.82. The van der Waals surface area contributed by atoms with Crippen LogP contribution in [-0.2, 0) is 7.05 Å². The lowest BCUT2D eigenvalue weighted by molar-refractivity contribution is 0.779. The number of hydrogen-bond acceptors (Lipinski definition) is 3. The molecule has 2 heterocycles. The van der Waals surface area contributed by atoms with Crippen LogP contribution in [0.3, 0.4) is 0 Å². The van der Waals surface area contributed by atoms with Gasteiger partial charge in [0.1, 0.15) is 5.82 Å². The molecule has 3 nitrogen and oxygen atoms in total. The number of anilines is 1. The van der Waals surface area contributed by atoms with E-state index in [1.165, 1.54) is 0 Å². The van der Waals surface area contributed by atoms with Gasteiger partial charge in [0.2, 0.25) is 0 Å². The summed E-state index contributed by atoms with van der Waals surface area (Å²) in [4.78, 5) is 0. The van der Waals surface area contributed by atoms with Crippen LogP contribution in [-0.4, -0.2) is 9.78 Å². The van der Waals surface area contributed by atoms with E-state index in [-0.39, 0.29) is 0 Å². The SMILES string of the molecule is Cn1ncc(-c2ccsc2)c1N. The molecule has 2 rings (SSSR count). The predicted octanol–water partition coefficient (Wildman–Crippen LogP) is 1.73. The minimum absolute atomic E-state index is 0.716. The molecule has 2 aromatic rings. The smallest absolute Gasteiger partial charge is 0.129 e. The van der Waals surface area contributed by atoms with E-state index in [0.717, 1.165) is 11.1 Å². The first-order valence-corrected chi connectivity index (χ1v) is 4.53. The number of rotatable bonds is 1. The molecule has 0 saturated heterocycles. The van der Waals surface area contributed by atoms with Crippen molar-refractivity contribution < 1.29 is 0 Å². The molecule has 0 aliphatic rings. The summed E-state index contributed by atoms with van der Waals surface area (Å²) in [6.45, 7) is 0. The lowest BCUT2D eigenvalue weighted by Crippen LogP contribution is -1.97. The van der Waals surface area contributed by atoms with Gasteiger partial charge < -0.3 is 5.73 Å². The minimum Gasteiger partial charge on any atom is -0.383 e. The molecule has 0 spiro atoms. The Morgan fingerprint density at radius 1 is 1.58 bits per heavy atom. The van der Waals surface area contributed by atoms with Crippen LogP contribution >= 0.6 is 11.3 Å². The van der Waals surface area contributed by atoms with Crippen LogP contribution in [0.2, 0.25) is 0 Å². The molecule has 62 valence electrons. The number of aryl methyl sites for hydroxylation is 1. The molecule has 0 bridgehead atoms. The third-order valence-corrected chi connectivity index (χ3v) is 2.50. The summed E-state index contributed by atoms with van der Waals surface area (Å²) in [7, 11) is 1.84. The summed E-state index contributed by atoms with van der Waals surface area (Å²) in [5, 5.41) is 8.16. The molecule has 2 aromatic heterocycles. The van der Waals surface area contributed by atoms with E-state index in [9.17, 15) is 0 Å². The van der Waals surface area contributed by atoms with Gasteiger partial charge in [0.25, 0.3) is 0 Å². The number of nitrogens with zero attached hydrogens (tertiary/aromatic N) is 2. The van der Waals surface area contributed by atoms with Crippen LogP contribution in [0.4, 0.5) is 5.82 Å². The molecule has 0 fully saturated rings. The average molecular weight is 179 g/mol. The Balaban J connectivity index is 2.55. The topological polar surface area (TPSA) is 43.8 Å². The molecule has 0 radical (unpaired) electrons.